The Kier molecular flexibility index (Phi) is 6.44. The fourth-order valence-electron chi connectivity index (χ4n) is 1.40. The van der Waals surface area contributed by atoms with Gasteiger partial charge in [-0.05, 0) is 31.0 Å². The Bertz CT molecular complexity index is 560. The molecule has 1 amide bonds. The van der Waals surface area contributed by atoms with E-state index in [-0.39, 0.29) is 23.2 Å². The molecule has 0 bridgehead atoms. The maximum Gasteiger partial charge on any atom is 0.241 e. The van der Waals surface area contributed by atoms with Crippen molar-refractivity contribution in [2.75, 3.05) is 5.32 Å². The van der Waals surface area contributed by atoms with Gasteiger partial charge in [-0.2, -0.15) is 0 Å². The van der Waals surface area contributed by atoms with Crippen molar-refractivity contribution in [3.63, 3.8) is 0 Å². The molecule has 1 atom stereocenters. The van der Waals surface area contributed by atoms with Gasteiger partial charge in [0.05, 0.1) is 10.9 Å². The number of nitrogens with two attached hydrogens (primary N) is 2. The molecule has 0 radical (unpaired) electrons. The van der Waals surface area contributed by atoms with Gasteiger partial charge in [0.1, 0.15) is 0 Å². The number of carbonyl (C=O) groups is 1. The Morgan fingerprint density at radius 1 is 1.42 bits per heavy atom. The van der Waals surface area contributed by atoms with Crippen molar-refractivity contribution in [2.24, 2.45) is 10.9 Å². The minimum absolute atomic E-state index is 0. The Hall–Kier alpha value is -1.15. The van der Waals surface area contributed by atoms with Gasteiger partial charge < -0.3 is 11.1 Å². The standard InChI is InChI=1S/C11H17N3O3S.ClH/c1-3-9(12)11(15)14-8-5-4-7(2)10(6-8)18(13,16)17;/h4-6,9H,3,12H2,1-2H3,(H,14,15)(H2,13,16,17);1H/t9-;/m0./s1. The molecule has 0 aromatic heterocycles. The van der Waals surface area contributed by atoms with Crippen LogP contribution in [-0.2, 0) is 14.8 Å². The zero-order valence-corrected chi connectivity index (χ0v) is 12.3. The number of halogens is 1. The van der Waals surface area contributed by atoms with Crippen LogP contribution in [0.2, 0.25) is 0 Å². The second-order valence-electron chi connectivity index (χ2n) is 4.03. The van der Waals surface area contributed by atoms with E-state index in [1.807, 2.05) is 0 Å². The molecule has 0 fully saturated rings. The fraction of sp³-hybridized carbons (Fsp3) is 0.364. The van der Waals surface area contributed by atoms with Gasteiger partial charge in [-0.3, -0.25) is 4.79 Å². The highest BCUT2D eigenvalue weighted by atomic mass is 35.5. The molecule has 0 spiro atoms. The lowest BCUT2D eigenvalue weighted by Crippen LogP contribution is -2.34. The zero-order valence-electron chi connectivity index (χ0n) is 10.7. The van der Waals surface area contributed by atoms with Gasteiger partial charge >= 0.3 is 0 Å². The summed E-state index contributed by atoms with van der Waals surface area (Å²) in [6.07, 6.45) is 0.500. The van der Waals surface area contributed by atoms with Crippen LogP contribution >= 0.6 is 12.4 Å². The molecule has 6 nitrogen and oxygen atoms in total. The van der Waals surface area contributed by atoms with Crippen LogP contribution in [-0.4, -0.2) is 20.4 Å². The van der Waals surface area contributed by atoms with Gasteiger partial charge in [-0.25, -0.2) is 13.6 Å². The summed E-state index contributed by atoms with van der Waals surface area (Å²) in [5, 5.41) is 7.63. The summed E-state index contributed by atoms with van der Waals surface area (Å²) in [5.74, 6) is -0.360. The van der Waals surface area contributed by atoms with Crippen LogP contribution in [0.4, 0.5) is 5.69 Å². The van der Waals surface area contributed by atoms with E-state index in [2.05, 4.69) is 5.32 Å². The molecule has 5 N–H and O–H groups in total. The summed E-state index contributed by atoms with van der Waals surface area (Å²) in [6.45, 7) is 3.41. The zero-order chi connectivity index (χ0) is 13.9. The molecule has 19 heavy (non-hydrogen) atoms. The van der Waals surface area contributed by atoms with Gasteiger partial charge in [0, 0.05) is 5.69 Å². The van der Waals surface area contributed by atoms with E-state index in [0.717, 1.165) is 0 Å². The molecule has 0 saturated carbocycles. The lowest BCUT2D eigenvalue weighted by atomic mass is 10.2. The summed E-state index contributed by atoms with van der Waals surface area (Å²) < 4.78 is 22.6. The van der Waals surface area contributed by atoms with E-state index >= 15 is 0 Å². The average molecular weight is 308 g/mol. The molecule has 8 heteroatoms. The third-order valence-electron chi connectivity index (χ3n) is 2.54. The van der Waals surface area contributed by atoms with Crippen molar-refractivity contribution in [1.82, 2.24) is 0 Å². The maximum absolute atomic E-state index is 11.6. The predicted molar refractivity (Wildman–Crippen MR) is 76.7 cm³/mol. The number of amides is 1. The summed E-state index contributed by atoms with van der Waals surface area (Å²) in [7, 11) is -3.80. The first-order valence-electron chi connectivity index (χ1n) is 5.45. The number of primary sulfonamides is 1. The smallest absolute Gasteiger partial charge is 0.241 e. The SMILES string of the molecule is CC[C@H](N)C(=O)Nc1ccc(C)c(S(N)(=O)=O)c1.Cl. The lowest BCUT2D eigenvalue weighted by Gasteiger charge is -2.11. The first-order chi connectivity index (χ1) is 8.25. The third-order valence-corrected chi connectivity index (χ3v) is 3.59. The van der Waals surface area contributed by atoms with E-state index in [1.54, 1.807) is 26.0 Å². The summed E-state index contributed by atoms with van der Waals surface area (Å²) in [6, 6.07) is 3.88. The Morgan fingerprint density at radius 3 is 2.47 bits per heavy atom. The number of benzene rings is 1. The molecule has 0 saturated heterocycles. The van der Waals surface area contributed by atoms with Crippen LogP contribution in [0.15, 0.2) is 23.1 Å². The van der Waals surface area contributed by atoms with Crippen molar-refractivity contribution in [2.45, 2.75) is 31.2 Å². The molecular formula is C11H18ClN3O3S. The molecule has 0 aliphatic rings. The van der Waals surface area contributed by atoms with Crippen LogP contribution in [0.1, 0.15) is 18.9 Å². The predicted octanol–water partition coefficient (Wildman–Crippen LogP) is 0.740. The number of aryl methyl sites for hydroxylation is 1. The fourth-order valence-corrected chi connectivity index (χ4v) is 2.21. The number of rotatable bonds is 4. The normalized spacial score (nSPS) is 12.4. The van der Waals surface area contributed by atoms with Gasteiger partial charge in [-0.1, -0.05) is 13.0 Å². The Labute approximate surface area is 119 Å². The van der Waals surface area contributed by atoms with Crippen LogP contribution in [0.3, 0.4) is 0 Å². The van der Waals surface area contributed by atoms with E-state index in [0.29, 0.717) is 17.7 Å². The second-order valence-corrected chi connectivity index (χ2v) is 5.56. The molecule has 108 valence electrons. The monoisotopic (exact) mass is 307 g/mol. The van der Waals surface area contributed by atoms with Gasteiger partial charge in [0.25, 0.3) is 0 Å². The van der Waals surface area contributed by atoms with E-state index in [1.165, 1.54) is 6.07 Å². The highest BCUT2D eigenvalue weighted by Gasteiger charge is 2.15. The molecule has 0 unspecified atom stereocenters. The summed E-state index contributed by atoms with van der Waals surface area (Å²) >= 11 is 0. The molecule has 1 aromatic rings. The minimum Gasteiger partial charge on any atom is -0.325 e. The molecule has 0 aliphatic carbocycles. The van der Waals surface area contributed by atoms with Gasteiger partial charge in [0.2, 0.25) is 15.9 Å². The number of carbonyl (C=O) groups excluding carboxylic acids is 1. The number of sulfonamides is 1. The van der Waals surface area contributed by atoms with Crippen LogP contribution in [0.25, 0.3) is 0 Å². The maximum atomic E-state index is 11.6. The topological polar surface area (TPSA) is 115 Å². The summed E-state index contributed by atoms with van der Waals surface area (Å²) in [4.78, 5) is 11.6. The van der Waals surface area contributed by atoms with Crippen LogP contribution < -0.4 is 16.2 Å². The molecule has 0 heterocycles. The van der Waals surface area contributed by atoms with Gasteiger partial charge in [0.15, 0.2) is 0 Å². The van der Waals surface area contributed by atoms with Crippen molar-refractivity contribution in [3.05, 3.63) is 23.8 Å². The third kappa shape index (κ3) is 4.79. The van der Waals surface area contributed by atoms with E-state index < -0.39 is 16.1 Å². The highest BCUT2D eigenvalue weighted by molar-refractivity contribution is 7.89. The molecule has 1 rings (SSSR count). The molecular weight excluding hydrogens is 290 g/mol. The van der Waals surface area contributed by atoms with E-state index in [9.17, 15) is 13.2 Å². The molecule has 1 aromatic carbocycles. The quantitative estimate of drug-likeness (QED) is 0.760. The number of nitrogens with one attached hydrogen (secondary N) is 1. The van der Waals surface area contributed by atoms with Crippen molar-refractivity contribution in [1.29, 1.82) is 0 Å². The number of anilines is 1. The second kappa shape index (κ2) is 6.85. The average Bonchev–Trinajstić information content (AvgIpc) is 2.29. The number of hydrogen-bond acceptors (Lipinski definition) is 4. The Morgan fingerprint density at radius 2 is 2.00 bits per heavy atom. The first kappa shape index (κ1) is 17.8. The number of hydrogen-bond donors (Lipinski definition) is 3. The van der Waals surface area contributed by atoms with Gasteiger partial charge in [-0.15, -0.1) is 12.4 Å². The van der Waals surface area contributed by atoms with Crippen molar-refractivity contribution >= 4 is 34.0 Å². The first-order valence-corrected chi connectivity index (χ1v) is 7.00. The van der Waals surface area contributed by atoms with Crippen LogP contribution in [0, 0.1) is 6.92 Å². The highest BCUT2D eigenvalue weighted by Crippen LogP contribution is 2.19. The minimum atomic E-state index is -3.80. The van der Waals surface area contributed by atoms with Crippen LogP contribution in [0.5, 0.6) is 0 Å². The lowest BCUT2D eigenvalue weighted by molar-refractivity contribution is -0.117. The largest absolute Gasteiger partial charge is 0.325 e. The van der Waals surface area contributed by atoms with Crippen molar-refractivity contribution < 1.29 is 13.2 Å². The Balaban J connectivity index is 0.00000324. The van der Waals surface area contributed by atoms with Crippen molar-refractivity contribution in [3.8, 4) is 0 Å². The summed E-state index contributed by atoms with van der Waals surface area (Å²) in [5.41, 5.74) is 6.45. The molecule has 0 aliphatic heterocycles. The van der Waals surface area contributed by atoms with E-state index in [4.69, 9.17) is 10.9 Å².